The van der Waals surface area contributed by atoms with Crippen LogP contribution in [0.5, 0.6) is 0 Å². The fourth-order valence-corrected chi connectivity index (χ4v) is 4.87. The van der Waals surface area contributed by atoms with E-state index in [0.717, 1.165) is 29.5 Å². The molecular formula is C36H43NO7. The van der Waals surface area contributed by atoms with Crippen LogP contribution in [-0.2, 0) is 48.2 Å². The Balaban J connectivity index is 1.62. The van der Waals surface area contributed by atoms with Gasteiger partial charge in [-0.25, -0.2) is 4.79 Å². The fraction of sp³-hybridized carbons (Fsp3) is 0.361. The molecule has 0 saturated carbocycles. The molecule has 1 heterocycles. The highest BCUT2D eigenvalue weighted by molar-refractivity contribution is 5.67. The van der Waals surface area contributed by atoms with Gasteiger partial charge in [0, 0.05) is 0 Å². The molecule has 0 aromatic heterocycles. The van der Waals surface area contributed by atoms with Crippen molar-refractivity contribution in [2.45, 2.75) is 63.3 Å². The van der Waals surface area contributed by atoms with Crippen molar-refractivity contribution in [2.75, 3.05) is 19.8 Å². The maximum absolute atomic E-state index is 12.9. The summed E-state index contributed by atoms with van der Waals surface area (Å²) in [5, 5.41) is 2.94. The monoisotopic (exact) mass is 601 g/mol. The zero-order valence-corrected chi connectivity index (χ0v) is 25.1. The van der Waals surface area contributed by atoms with Crippen LogP contribution in [0.1, 0.15) is 29.5 Å². The van der Waals surface area contributed by atoms with E-state index in [1.807, 2.05) is 97.1 Å². The Kier molecular flexibility index (Phi) is 14.1. The van der Waals surface area contributed by atoms with E-state index < -0.39 is 36.7 Å². The normalized spacial score (nSPS) is 21.3. The third-order valence-corrected chi connectivity index (χ3v) is 7.06. The first-order valence-corrected chi connectivity index (χ1v) is 15.0. The first-order valence-electron chi connectivity index (χ1n) is 15.0. The molecule has 1 saturated heterocycles. The lowest BCUT2D eigenvalue weighted by Crippen LogP contribution is -2.66. The highest BCUT2D eigenvalue weighted by Crippen LogP contribution is 2.29. The molecule has 234 valence electrons. The number of alkyl carbamates (subject to hydrolysis) is 1. The lowest BCUT2D eigenvalue weighted by atomic mass is 9.96. The number of hydrogen-bond acceptors (Lipinski definition) is 7. The average Bonchev–Trinajstić information content (AvgIpc) is 3.06. The number of unbranched alkanes of at least 4 members (excludes halogenated alkanes) is 1. The predicted molar refractivity (Wildman–Crippen MR) is 169 cm³/mol. The van der Waals surface area contributed by atoms with Crippen LogP contribution in [0.2, 0.25) is 0 Å². The summed E-state index contributed by atoms with van der Waals surface area (Å²) in [4.78, 5) is 12.9. The van der Waals surface area contributed by atoms with Crippen LogP contribution in [0, 0.1) is 0 Å². The molecule has 1 fully saturated rings. The number of carbonyl (C=O) groups excluding carboxylic acids is 1. The highest BCUT2D eigenvalue weighted by Gasteiger charge is 2.49. The largest absolute Gasteiger partial charge is 0.445 e. The molecule has 1 aliphatic heterocycles. The number of ether oxygens (including phenoxy) is 6. The van der Waals surface area contributed by atoms with Crippen molar-refractivity contribution in [1.29, 1.82) is 0 Å². The second-order valence-corrected chi connectivity index (χ2v) is 10.4. The van der Waals surface area contributed by atoms with E-state index in [1.165, 1.54) is 6.08 Å². The zero-order valence-electron chi connectivity index (χ0n) is 25.1. The summed E-state index contributed by atoms with van der Waals surface area (Å²) in [6, 6.07) is 28.9. The molecule has 0 bridgehead atoms. The molecule has 44 heavy (non-hydrogen) atoms. The number of amides is 1. The number of hydrogen-bond donors (Lipinski definition) is 1. The zero-order chi connectivity index (χ0) is 30.8. The summed E-state index contributed by atoms with van der Waals surface area (Å²) in [5.41, 5.74) is 3.02. The van der Waals surface area contributed by atoms with Gasteiger partial charge in [-0.2, -0.15) is 0 Å². The molecule has 0 aliphatic carbocycles. The summed E-state index contributed by atoms with van der Waals surface area (Å²) in [5.74, 6) is 0. The SMILES string of the molecule is C=CCCCO[C@H]1O[C@H](COCc2ccccc2)[C@@H](OCc2ccccc2)[C@H](OCc2ccccc2)[C@@H]1NC(=O)OCC=C. The van der Waals surface area contributed by atoms with E-state index in [9.17, 15) is 4.79 Å². The van der Waals surface area contributed by atoms with Crippen molar-refractivity contribution in [2.24, 2.45) is 0 Å². The molecule has 0 radical (unpaired) electrons. The van der Waals surface area contributed by atoms with E-state index in [1.54, 1.807) is 0 Å². The van der Waals surface area contributed by atoms with Crippen LogP contribution in [-0.4, -0.2) is 56.6 Å². The van der Waals surface area contributed by atoms with Crippen molar-refractivity contribution in [3.63, 3.8) is 0 Å². The minimum atomic E-state index is -0.848. The second kappa shape index (κ2) is 18.8. The molecule has 3 aromatic carbocycles. The Bertz CT molecular complexity index is 1240. The fourth-order valence-electron chi connectivity index (χ4n) is 4.87. The Morgan fingerprint density at radius 3 is 1.89 bits per heavy atom. The Morgan fingerprint density at radius 1 is 0.750 bits per heavy atom. The molecule has 1 aliphatic rings. The van der Waals surface area contributed by atoms with Gasteiger partial charge in [0.25, 0.3) is 0 Å². The van der Waals surface area contributed by atoms with Crippen LogP contribution in [0.4, 0.5) is 4.79 Å². The van der Waals surface area contributed by atoms with E-state index >= 15 is 0 Å². The second-order valence-electron chi connectivity index (χ2n) is 10.4. The van der Waals surface area contributed by atoms with Crippen LogP contribution in [0.15, 0.2) is 116 Å². The predicted octanol–water partition coefficient (Wildman–Crippen LogP) is 6.36. The van der Waals surface area contributed by atoms with E-state index in [-0.39, 0.29) is 19.8 Å². The summed E-state index contributed by atoms with van der Waals surface area (Å²) in [6.45, 7) is 9.12. The highest BCUT2D eigenvalue weighted by atomic mass is 16.7. The summed E-state index contributed by atoms with van der Waals surface area (Å²) < 4.78 is 37.4. The van der Waals surface area contributed by atoms with Crippen LogP contribution in [0.3, 0.4) is 0 Å². The van der Waals surface area contributed by atoms with Gasteiger partial charge < -0.3 is 33.7 Å². The number of nitrogens with one attached hydrogen (secondary N) is 1. The minimum Gasteiger partial charge on any atom is -0.445 e. The summed E-state index contributed by atoms with van der Waals surface area (Å²) >= 11 is 0. The molecule has 0 unspecified atom stereocenters. The maximum Gasteiger partial charge on any atom is 0.407 e. The molecule has 8 heteroatoms. The van der Waals surface area contributed by atoms with E-state index in [2.05, 4.69) is 18.5 Å². The van der Waals surface area contributed by atoms with Crippen LogP contribution in [0.25, 0.3) is 0 Å². The average molecular weight is 602 g/mol. The standard InChI is InChI=1S/C36H43NO7/c1-3-5-15-23-40-35-32(37-36(38)41-22-4-2)34(43-26-30-20-13-8-14-21-30)33(42-25-29-18-11-7-12-19-29)31(44-35)27-39-24-28-16-9-6-10-17-28/h3-4,6-14,16-21,31-35H,1-2,5,15,22-27H2,(H,37,38)/t31-,32+,33-,34-,35+/m1/s1. The summed E-state index contributed by atoms with van der Waals surface area (Å²) in [6.07, 6.45) is 1.55. The molecule has 8 nitrogen and oxygen atoms in total. The topological polar surface area (TPSA) is 84.5 Å². The minimum absolute atomic E-state index is 0.0592. The van der Waals surface area contributed by atoms with Crippen molar-refractivity contribution < 1.29 is 33.2 Å². The molecule has 3 aromatic rings. The Morgan fingerprint density at radius 2 is 1.32 bits per heavy atom. The van der Waals surface area contributed by atoms with Gasteiger partial charge in [-0.3, -0.25) is 0 Å². The molecule has 1 amide bonds. The number of allylic oxidation sites excluding steroid dienone is 1. The van der Waals surface area contributed by atoms with Gasteiger partial charge in [0.05, 0.1) is 33.0 Å². The van der Waals surface area contributed by atoms with Crippen LogP contribution < -0.4 is 5.32 Å². The van der Waals surface area contributed by atoms with Crippen molar-refractivity contribution in [3.05, 3.63) is 133 Å². The van der Waals surface area contributed by atoms with Gasteiger partial charge in [0.1, 0.15) is 31.0 Å². The number of carbonyl (C=O) groups is 1. The Labute approximate surface area is 260 Å². The Hall–Kier alpha value is -3.79. The van der Waals surface area contributed by atoms with Gasteiger partial charge >= 0.3 is 6.09 Å². The van der Waals surface area contributed by atoms with Gasteiger partial charge in [-0.15, -0.1) is 6.58 Å². The first kappa shape index (κ1) is 33.1. The van der Waals surface area contributed by atoms with Crippen molar-refractivity contribution >= 4 is 6.09 Å². The lowest BCUT2D eigenvalue weighted by molar-refractivity contribution is -0.290. The van der Waals surface area contributed by atoms with Gasteiger partial charge in [0.2, 0.25) is 0 Å². The first-order chi connectivity index (χ1) is 21.7. The number of benzene rings is 3. The third-order valence-electron chi connectivity index (χ3n) is 7.06. The summed E-state index contributed by atoms with van der Waals surface area (Å²) in [7, 11) is 0. The van der Waals surface area contributed by atoms with E-state index in [4.69, 9.17) is 28.4 Å². The van der Waals surface area contributed by atoms with Gasteiger partial charge in [0.15, 0.2) is 6.29 Å². The molecule has 5 atom stereocenters. The molecular weight excluding hydrogens is 558 g/mol. The maximum atomic E-state index is 12.9. The van der Waals surface area contributed by atoms with Gasteiger partial charge in [-0.05, 0) is 29.5 Å². The van der Waals surface area contributed by atoms with E-state index in [0.29, 0.717) is 19.8 Å². The molecule has 1 N–H and O–H groups in total. The smallest absolute Gasteiger partial charge is 0.407 e. The third kappa shape index (κ3) is 10.7. The van der Waals surface area contributed by atoms with Crippen LogP contribution >= 0.6 is 0 Å². The quantitative estimate of drug-likeness (QED) is 0.134. The molecule has 4 rings (SSSR count). The lowest BCUT2D eigenvalue weighted by Gasteiger charge is -2.46. The van der Waals surface area contributed by atoms with Gasteiger partial charge in [-0.1, -0.05) is 110 Å². The molecule has 0 spiro atoms. The number of rotatable bonds is 18. The van der Waals surface area contributed by atoms with Crippen molar-refractivity contribution in [1.82, 2.24) is 5.32 Å². The van der Waals surface area contributed by atoms with Crippen molar-refractivity contribution in [3.8, 4) is 0 Å².